The van der Waals surface area contributed by atoms with Gasteiger partial charge in [-0.05, 0) is 65.7 Å². The van der Waals surface area contributed by atoms with Gasteiger partial charge in [0.15, 0.2) is 11.5 Å². The average Bonchev–Trinajstić information content (AvgIpc) is 3.58. The van der Waals surface area contributed by atoms with Gasteiger partial charge in [-0.15, -0.1) is 11.3 Å². The molecule has 0 saturated carbocycles. The lowest BCUT2D eigenvalue weighted by molar-refractivity contribution is 0.477. The molecule has 0 atom stereocenters. The van der Waals surface area contributed by atoms with E-state index in [4.69, 9.17) is 9.15 Å². The second-order valence-electron chi connectivity index (χ2n) is 10.1. The van der Waals surface area contributed by atoms with Gasteiger partial charge >= 0.3 is 0 Å². The Morgan fingerprint density at radius 2 is 1.18 bits per heavy atom. The van der Waals surface area contributed by atoms with E-state index >= 15 is 0 Å². The van der Waals surface area contributed by atoms with Crippen molar-refractivity contribution in [3.05, 3.63) is 127 Å². The molecule has 3 heterocycles. The van der Waals surface area contributed by atoms with Crippen LogP contribution < -0.4 is 9.64 Å². The standard InChI is InChI=1S/C36H21NO2S/c1-4-13-30-27(8-1)34-33(38-30)21-20-26-25-10-7-9-24(35(25)40-36(26)34)22-16-18-23(19-17-22)37-28-11-2-5-14-31(28)39-32-15-6-3-12-29(32)37/h1-21H. The van der Waals surface area contributed by atoms with E-state index in [2.05, 4.69) is 95.9 Å². The van der Waals surface area contributed by atoms with Gasteiger partial charge in [0.25, 0.3) is 0 Å². The third-order valence-electron chi connectivity index (χ3n) is 7.87. The summed E-state index contributed by atoms with van der Waals surface area (Å²) in [6.07, 6.45) is 0. The van der Waals surface area contributed by atoms with E-state index in [1.165, 1.54) is 42.1 Å². The smallest absolute Gasteiger partial charge is 0.151 e. The molecule has 0 radical (unpaired) electrons. The summed E-state index contributed by atoms with van der Waals surface area (Å²) in [4.78, 5) is 2.28. The van der Waals surface area contributed by atoms with Crippen LogP contribution in [0.25, 0.3) is 53.2 Å². The van der Waals surface area contributed by atoms with Crippen molar-refractivity contribution in [3.8, 4) is 22.6 Å². The summed E-state index contributed by atoms with van der Waals surface area (Å²) in [7, 11) is 0. The maximum atomic E-state index is 6.20. The van der Waals surface area contributed by atoms with E-state index in [1.807, 2.05) is 47.7 Å². The molecule has 4 heteroatoms. The Hall–Kier alpha value is -5.06. The van der Waals surface area contributed by atoms with E-state index in [-0.39, 0.29) is 0 Å². The highest BCUT2D eigenvalue weighted by atomic mass is 32.1. The molecule has 0 saturated heterocycles. The van der Waals surface area contributed by atoms with E-state index in [0.29, 0.717) is 0 Å². The molecule has 8 aromatic rings. The van der Waals surface area contributed by atoms with Crippen molar-refractivity contribution in [2.45, 2.75) is 0 Å². The maximum absolute atomic E-state index is 6.20. The van der Waals surface area contributed by atoms with Gasteiger partial charge in [-0.25, -0.2) is 0 Å². The molecule has 9 rings (SSSR count). The summed E-state index contributed by atoms with van der Waals surface area (Å²) in [5, 5.41) is 4.94. The van der Waals surface area contributed by atoms with Gasteiger partial charge in [-0.3, -0.25) is 0 Å². The molecule has 3 nitrogen and oxygen atoms in total. The van der Waals surface area contributed by atoms with Crippen molar-refractivity contribution in [3.63, 3.8) is 0 Å². The lowest BCUT2D eigenvalue weighted by Gasteiger charge is -2.32. The minimum Gasteiger partial charge on any atom is -0.456 e. The van der Waals surface area contributed by atoms with E-state index < -0.39 is 0 Å². The molecule has 188 valence electrons. The lowest BCUT2D eigenvalue weighted by Crippen LogP contribution is -2.15. The second kappa shape index (κ2) is 8.22. The number of benzene rings is 6. The fourth-order valence-corrected chi connectivity index (χ4v) is 7.45. The zero-order valence-electron chi connectivity index (χ0n) is 21.3. The number of nitrogens with zero attached hydrogens (tertiary/aromatic N) is 1. The lowest BCUT2D eigenvalue weighted by atomic mass is 10.0. The molecule has 1 aliphatic heterocycles. The van der Waals surface area contributed by atoms with Gasteiger partial charge < -0.3 is 14.1 Å². The van der Waals surface area contributed by atoms with E-state index in [9.17, 15) is 0 Å². The van der Waals surface area contributed by atoms with E-state index in [0.717, 1.165) is 39.7 Å². The van der Waals surface area contributed by atoms with Crippen molar-refractivity contribution in [1.82, 2.24) is 0 Å². The third-order valence-corrected chi connectivity index (χ3v) is 9.15. The van der Waals surface area contributed by atoms with Crippen LogP contribution in [0.2, 0.25) is 0 Å². The molecular formula is C36H21NO2S. The zero-order chi connectivity index (χ0) is 26.2. The van der Waals surface area contributed by atoms with Crippen LogP contribution in [0.3, 0.4) is 0 Å². The molecule has 0 N–H and O–H groups in total. The highest BCUT2D eigenvalue weighted by molar-refractivity contribution is 7.27. The number of hydrogen-bond donors (Lipinski definition) is 0. The first kappa shape index (κ1) is 21.8. The van der Waals surface area contributed by atoms with Crippen LogP contribution in [0, 0.1) is 0 Å². The summed E-state index contributed by atoms with van der Waals surface area (Å²) in [5.41, 5.74) is 7.50. The van der Waals surface area contributed by atoms with Crippen LogP contribution in [-0.2, 0) is 0 Å². The molecule has 0 aliphatic carbocycles. The third kappa shape index (κ3) is 3.05. The molecule has 0 bridgehead atoms. The fourth-order valence-electron chi connectivity index (χ4n) is 6.06. The quantitative estimate of drug-likeness (QED) is 0.222. The summed E-state index contributed by atoms with van der Waals surface area (Å²) < 4.78 is 15.0. The Bertz CT molecular complexity index is 2210. The zero-order valence-corrected chi connectivity index (χ0v) is 22.1. The molecule has 2 aromatic heterocycles. The van der Waals surface area contributed by atoms with Crippen molar-refractivity contribution in [1.29, 1.82) is 0 Å². The first-order chi connectivity index (χ1) is 19.8. The predicted molar refractivity (Wildman–Crippen MR) is 167 cm³/mol. The largest absolute Gasteiger partial charge is 0.456 e. The van der Waals surface area contributed by atoms with Crippen LogP contribution in [0.4, 0.5) is 17.1 Å². The van der Waals surface area contributed by atoms with Crippen molar-refractivity contribution in [2.75, 3.05) is 4.90 Å². The summed E-state index contributed by atoms with van der Waals surface area (Å²) in [6, 6.07) is 44.6. The predicted octanol–water partition coefficient (Wildman–Crippen LogP) is 11.2. The van der Waals surface area contributed by atoms with Crippen LogP contribution in [0.5, 0.6) is 11.5 Å². The topological polar surface area (TPSA) is 25.6 Å². The number of rotatable bonds is 2. The Kier molecular flexibility index (Phi) is 4.48. The maximum Gasteiger partial charge on any atom is 0.151 e. The van der Waals surface area contributed by atoms with Crippen molar-refractivity contribution in [2.24, 2.45) is 0 Å². The number of fused-ring (bicyclic) bond motifs is 9. The first-order valence-electron chi connectivity index (χ1n) is 13.4. The minimum absolute atomic E-state index is 0.860. The van der Waals surface area contributed by atoms with Gasteiger partial charge in [0.2, 0.25) is 0 Å². The molecule has 0 fully saturated rings. The number of para-hydroxylation sites is 5. The summed E-state index contributed by atoms with van der Waals surface area (Å²) in [5.74, 6) is 1.72. The molecule has 40 heavy (non-hydrogen) atoms. The first-order valence-corrected chi connectivity index (χ1v) is 14.2. The monoisotopic (exact) mass is 531 g/mol. The summed E-state index contributed by atoms with van der Waals surface area (Å²) >= 11 is 1.86. The Morgan fingerprint density at radius 3 is 1.98 bits per heavy atom. The highest BCUT2D eigenvalue weighted by Crippen LogP contribution is 2.50. The number of hydrogen-bond acceptors (Lipinski definition) is 4. The van der Waals surface area contributed by atoms with Crippen LogP contribution in [0.15, 0.2) is 132 Å². The highest BCUT2D eigenvalue weighted by Gasteiger charge is 2.25. The number of furan rings is 1. The number of thiophene rings is 1. The molecule has 0 unspecified atom stereocenters. The Balaban J connectivity index is 1.21. The Labute approximate surface area is 234 Å². The van der Waals surface area contributed by atoms with Crippen LogP contribution >= 0.6 is 11.3 Å². The molecule has 6 aromatic carbocycles. The summed E-state index contributed by atoms with van der Waals surface area (Å²) in [6.45, 7) is 0. The number of anilines is 3. The van der Waals surface area contributed by atoms with Gasteiger partial charge in [0.05, 0.1) is 11.4 Å². The molecule has 0 amide bonds. The average molecular weight is 532 g/mol. The van der Waals surface area contributed by atoms with E-state index in [1.54, 1.807) is 0 Å². The normalized spacial score (nSPS) is 12.7. The van der Waals surface area contributed by atoms with Gasteiger partial charge in [-0.1, -0.05) is 72.8 Å². The second-order valence-corrected chi connectivity index (χ2v) is 11.1. The van der Waals surface area contributed by atoms with Gasteiger partial charge in [0.1, 0.15) is 11.2 Å². The number of ether oxygens (including phenoxy) is 1. The Morgan fingerprint density at radius 1 is 0.500 bits per heavy atom. The van der Waals surface area contributed by atoms with Gasteiger partial charge in [-0.2, -0.15) is 0 Å². The SMILES string of the molecule is c1ccc2c(c1)Oc1ccccc1N2c1ccc(-c2cccc3c2sc2c3ccc3oc4ccccc4c32)cc1. The molecular weight excluding hydrogens is 510 g/mol. The molecule has 0 spiro atoms. The van der Waals surface area contributed by atoms with Crippen LogP contribution in [0.1, 0.15) is 0 Å². The minimum atomic E-state index is 0.860. The van der Waals surface area contributed by atoms with Crippen molar-refractivity contribution < 1.29 is 9.15 Å². The molecule has 1 aliphatic rings. The fraction of sp³-hybridized carbons (Fsp3) is 0. The van der Waals surface area contributed by atoms with Crippen LogP contribution in [-0.4, -0.2) is 0 Å². The van der Waals surface area contributed by atoms with Crippen molar-refractivity contribution >= 4 is 70.5 Å². The van der Waals surface area contributed by atoms with Gasteiger partial charge in [0, 0.05) is 36.6 Å².